The summed E-state index contributed by atoms with van der Waals surface area (Å²) in [7, 11) is 0. The first-order valence-corrected chi connectivity index (χ1v) is 14.1. The van der Waals surface area contributed by atoms with Gasteiger partial charge in [-0.2, -0.15) is 0 Å². The van der Waals surface area contributed by atoms with Gasteiger partial charge in [-0.25, -0.2) is 9.79 Å². The van der Waals surface area contributed by atoms with Crippen LogP contribution in [-0.4, -0.2) is 28.2 Å². The van der Waals surface area contributed by atoms with Gasteiger partial charge in [0.1, 0.15) is 5.75 Å². The van der Waals surface area contributed by atoms with Gasteiger partial charge in [0.25, 0.3) is 5.56 Å². The van der Waals surface area contributed by atoms with Crippen LogP contribution in [0.15, 0.2) is 87.8 Å². The van der Waals surface area contributed by atoms with E-state index >= 15 is 0 Å². The Labute approximate surface area is 234 Å². The molecule has 6 rings (SSSR count). The second-order valence-corrected chi connectivity index (χ2v) is 11.0. The molecule has 1 atom stereocenters. The molecule has 1 aliphatic heterocycles. The molecule has 1 N–H and O–H groups in total. The van der Waals surface area contributed by atoms with E-state index in [1.165, 1.54) is 11.3 Å². The predicted molar refractivity (Wildman–Crippen MR) is 158 cm³/mol. The van der Waals surface area contributed by atoms with Crippen molar-refractivity contribution in [3.05, 3.63) is 109 Å². The van der Waals surface area contributed by atoms with Crippen molar-refractivity contribution in [2.75, 3.05) is 6.61 Å². The van der Waals surface area contributed by atoms with E-state index in [4.69, 9.17) is 9.47 Å². The van der Waals surface area contributed by atoms with Crippen LogP contribution in [0.5, 0.6) is 5.75 Å². The molecule has 40 heavy (non-hydrogen) atoms. The fourth-order valence-corrected chi connectivity index (χ4v) is 6.26. The second kappa shape index (κ2) is 10.3. The van der Waals surface area contributed by atoms with Crippen LogP contribution in [-0.2, 0) is 9.53 Å². The molecule has 2 aromatic heterocycles. The summed E-state index contributed by atoms with van der Waals surface area (Å²) < 4.78 is 13.4. The monoisotopic (exact) mass is 551 g/mol. The van der Waals surface area contributed by atoms with E-state index in [9.17, 15) is 9.59 Å². The molecule has 3 heterocycles. The number of carbonyl (C=O) groups is 1. The second-order valence-electron chi connectivity index (χ2n) is 10.0. The maximum Gasteiger partial charge on any atom is 0.338 e. The molecular formula is C32H29N3O4S. The first-order chi connectivity index (χ1) is 19.3. The van der Waals surface area contributed by atoms with Gasteiger partial charge < -0.3 is 14.5 Å². The van der Waals surface area contributed by atoms with Crippen molar-refractivity contribution in [3.63, 3.8) is 0 Å². The number of fused-ring (bicyclic) bond motifs is 4. The molecule has 0 fully saturated rings. The molecule has 0 aliphatic carbocycles. The molecule has 0 bridgehead atoms. The number of hydrogen-bond acceptors (Lipinski definition) is 6. The zero-order valence-corrected chi connectivity index (χ0v) is 23.5. The molecule has 1 aliphatic rings. The number of H-pyrrole nitrogens is 1. The largest absolute Gasteiger partial charge is 0.491 e. The normalized spacial score (nSPS) is 15.5. The van der Waals surface area contributed by atoms with Crippen molar-refractivity contribution in [2.45, 2.75) is 39.8 Å². The van der Waals surface area contributed by atoms with Gasteiger partial charge >= 0.3 is 5.97 Å². The highest BCUT2D eigenvalue weighted by molar-refractivity contribution is 7.07. The van der Waals surface area contributed by atoms with Crippen LogP contribution in [0, 0.1) is 0 Å². The zero-order valence-electron chi connectivity index (χ0n) is 22.7. The van der Waals surface area contributed by atoms with E-state index in [0.29, 0.717) is 20.6 Å². The first-order valence-electron chi connectivity index (χ1n) is 13.3. The summed E-state index contributed by atoms with van der Waals surface area (Å²) >= 11 is 1.32. The van der Waals surface area contributed by atoms with Crippen LogP contribution in [0.1, 0.15) is 44.9 Å². The highest BCUT2D eigenvalue weighted by atomic mass is 32.1. The summed E-state index contributed by atoms with van der Waals surface area (Å²) in [4.78, 5) is 35.8. The number of aromatic amines is 1. The lowest BCUT2D eigenvalue weighted by atomic mass is 9.96. The van der Waals surface area contributed by atoms with Gasteiger partial charge in [-0.1, -0.05) is 47.7 Å². The number of ether oxygens (including phenoxy) is 2. The lowest BCUT2D eigenvalue weighted by Gasteiger charge is -2.25. The summed E-state index contributed by atoms with van der Waals surface area (Å²) in [6.45, 7) is 7.71. The van der Waals surface area contributed by atoms with E-state index in [1.807, 2.05) is 68.5 Å². The Morgan fingerprint density at radius 1 is 1.07 bits per heavy atom. The summed E-state index contributed by atoms with van der Waals surface area (Å²) in [5.41, 5.74) is 4.50. The third-order valence-corrected chi connectivity index (χ3v) is 7.90. The molecule has 202 valence electrons. The number of thiazole rings is 1. The quantitative estimate of drug-likeness (QED) is 0.293. The van der Waals surface area contributed by atoms with Gasteiger partial charge in [-0.05, 0) is 75.2 Å². The standard InChI is InChI=1S/C32H29N3O4S/c1-5-38-31(37)28-19(4)33-32-35(29(28)21-11-13-22(14-12-21)39-18(2)3)30(36)27(40-32)17-20-10-15-26-24(16-20)23-8-6-7-9-25(23)34-26/h6-18,29,34H,5H2,1-4H3/b27-17+/t29-/m1/s1. The number of esters is 1. The van der Waals surface area contributed by atoms with Crippen molar-refractivity contribution in [1.29, 1.82) is 0 Å². The maximum atomic E-state index is 13.9. The Morgan fingerprint density at radius 3 is 2.58 bits per heavy atom. The molecular weight excluding hydrogens is 522 g/mol. The number of allylic oxidation sites excluding steroid dienone is 1. The summed E-state index contributed by atoms with van der Waals surface area (Å²) in [5, 5.41) is 2.23. The third-order valence-electron chi connectivity index (χ3n) is 6.91. The lowest BCUT2D eigenvalue weighted by molar-refractivity contribution is -0.139. The van der Waals surface area contributed by atoms with Crippen LogP contribution in [0.2, 0.25) is 0 Å². The minimum Gasteiger partial charge on any atom is -0.491 e. The zero-order chi connectivity index (χ0) is 28.0. The minimum atomic E-state index is -0.665. The molecule has 3 aromatic carbocycles. The molecule has 0 saturated carbocycles. The van der Waals surface area contributed by atoms with Gasteiger partial charge in [0.2, 0.25) is 0 Å². The number of carbonyl (C=O) groups excluding carboxylic acids is 1. The maximum absolute atomic E-state index is 13.9. The topological polar surface area (TPSA) is 85.7 Å². The molecule has 0 radical (unpaired) electrons. The first kappa shape index (κ1) is 25.8. The van der Waals surface area contributed by atoms with Crippen molar-refractivity contribution in [3.8, 4) is 5.75 Å². The SMILES string of the molecule is CCOC(=O)C1=C(C)N=c2s/c(=C/c3ccc4[nH]c5ccccc5c4c3)c(=O)n2[C@@H]1c1ccc(OC(C)C)cc1. The number of nitrogens with one attached hydrogen (secondary N) is 1. The Hall–Kier alpha value is -4.43. The van der Waals surface area contributed by atoms with Crippen LogP contribution >= 0.6 is 11.3 Å². The molecule has 0 unspecified atom stereocenters. The lowest BCUT2D eigenvalue weighted by Crippen LogP contribution is -2.39. The number of rotatable bonds is 6. The minimum absolute atomic E-state index is 0.0317. The third kappa shape index (κ3) is 4.54. The van der Waals surface area contributed by atoms with Crippen molar-refractivity contribution in [1.82, 2.24) is 9.55 Å². The van der Waals surface area contributed by atoms with Gasteiger partial charge in [-0.15, -0.1) is 0 Å². The Morgan fingerprint density at radius 2 is 1.82 bits per heavy atom. The average Bonchev–Trinajstić information content (AvgIpc) is 3.45. The smallest absolute Gasteiger partial charge is 0.338 e. The number of aromatic nitrogens is 2. The van der Waals surface area contributed by atoms with E-state index in [-0.39, 0.29) is 18.3 Å². The van der Waals surface area contributed by atoms with Gasteiger partial charge in [-0.3, -0.25) is 9.36 Å². The summed E-state index contributed by atoms with van der Waals surface area (Å²) in [6.07, 6.45) is 1.93. The van der Waals surface area contributed by atoms with E-state index in [1.54, 1.807) is 18.4 Å². The van der Waals surface area contributed by atoms with Crippen LogP contribution in [0.25, 0.3) is 27.9 Å². The van der Waals surface area contributed by atoms with Gasteiger partial charge in [0, 0.05) is 21.8 Å². The summed E-state index contributed by atoms with van der Waals surface area (Å²) in [5.74, 6) is 0.243. The van der Waals surface area contributed by atoms with Crippen molar-refractivity contribution in [2.24, 2.45) is 4.99 Å². The van der Waals surface area contributed by atoms with Gasteiger partial charge in [0.05, 0.1) is 34.6 Å². The van der Waals surface area contributed by atoms with Crippen LogP contribution < -0.4 is 19.6 Å². The molecule has 7 nitrogen and oxygen atoms in total. The fourth-order valence-electron chi connectivity index (χ4n) is 5.21. The van der Waals surface area contributed by atoms with Crippen LogP contribution in [0.3, 0.4) is 0 Å². The Bertz CT molecular complexity index is 1980. The predicted octanol–water partition coefficient (Wildman–Crippen LogP) is 5.22. The highest BCUT2D eigenvalue weighted by Crippen LogP contribution is 2.32. The molecule has 5 aromatic rings. The number of hydrogen-bond donors (Lipinski definition) is 1. The Kier molecular flexibility index (Phi) is 6.64. The molecule has 0 saturated heterocycles. The molecule has 0 spiro atoms. The van der Waals surface area contributed by atoms with Crippen molar-refractivity contribution < 1.29 is 14.3 Å². The van der Waals surface area contributed by atoms with Crippen molar-refractivity contribution >= 4 is 45.2 Å². The Balaban J connectivity index is 1.50. The van der Waals surface area contributed by atoms with Gasteiger partial charge in [0.15, 0.2) is 4.80 Å². The summed E-state index contributed by atoms with van der Waals surface area (Å²) in [6, 6.07) is 21.1. The van der Waals surface area contributed by atoms with E-state index in [2.05, 4.69) is 28.2 Å². The highest BCUT2D eigenvalue weighted by Gasteiger charge is 2.33. The van der Waals surface area contributed by atoms with E-state index < -0.39 is 12.0 Å². The molecule has 8 heteroatoms. The number of para-hydroxylation sites is 1. The fraction of sp³-hybridized carbons (Fsp3) is 0.219. The van der Waals surface area contributed by atoms with E-state index in [0.717, 1.165) is 38.7 Å². The van der Waals surface area contributed by atoms with Crippen LogP contribution in [0.4, 0.5) is 0 Å². The number of benzene rings is 3. The molecule has 0 amide bonds. The average molecular weight is 552 g/mol. The number of nitrogens with zero attached hydrogens (tertiary/aromatic N) is 2.